The molecule has 0 spiro atoms. The van der Waals surface area contributed by atoms with Gasteiger partial charge in [0.2, 0.25) is 0 Å². The lowest BCUT2D eigenvalue weighted by Gasteiger charge is -2.10. The third-order valence-electron chi connectivity index (χ3n) is 6.09. The molecule has 0 amide bonds. The molecule has 1 aromatic heterocycles. The van der Waals surface area contributed by atoms with Crippen LogP contribution >= 0.6 is 0 Å². The number of para-hydroxylation sites is 2. The van der Waals surface area contributed by atoms with Crippen LogP contribution in [0.1, 0.15) is 0 Å². The summed E-state index contributed by atoms with van der Waals surface area (Å²) in [7, 11) is 0. The summed E-state index contributed by atoms with van der Waals surface area (Å²) in [6.07, 6.45) is 0. The van der Waals surface area contributed by atoms with E-state index in [2.05, 4.69) is 34.9 Å². The maximum atomic E-state index is 12.2. The molecule has 152 valence electrons. The molecule has 4 heteroatoms. The van der Waals surface area contributed by atoms with Gasteiger partial charge in [0, 0.05) is 16.5 Å². The van der Waals surface area contributed by atoms with Crippen LogP contribution in [0.4, 0.5) is 5.69 Å². The van der Waals surface area contributed by atoms with Gasteiger partial charge in [-0.3, -0.25) is 10.1 Å². The summed E-state index contributed by atoms with van der Waals surface area (Å²) in [6.45, 7) is 0. The Balaban J connectivity index is 1.78. The van der Waals surface area contributed by atoms with E-state index in [1.807, 2.05) is 78.9 Å². The van der Waals surface area contributed by atoms with E-state index in [1.165, 1.54) is 0 Å². The van der Waals surface area contributed by atoms with E-state index in [0.717, 1.165) is 38.4 Å². The second-order valence-electron chi connectivity index (χ2n) is 7.83. The lowest BCUT2D eigenvalue weighted by molar-refractivity contribution is -0.382. The zero-order valence-corrected chi connectivity index (χ0v) is 17.1. The molecule has 0 aliphatic carbocycles. The van der Waals surface area contributed by atoms with Crippen LogP contribution < -0.4 is 0 Å². The Kier molecular flexibility index (Phi) is 4.05. The molecule has 6 aromatic rings. The molecule has 0 bridgehead atoms. The zero-order chi connectivity index (χ0) is 21.7. The van der Waals surface area contributed by atoms with Gasteiger partial charge in [0.05, 0.1) is 26.9 Å². The van der Waals surface area contributed by atoms with Crippen molar-refractivity contribution in [1.82, 2.24) is 4.57 Å². The molecule has 0 aliphatic rings. The molecule has 0 N–H and O–H groups in total. The highest BCUT2D eigenvalue weighted by atomic mass is 16.6. The maximum absolute atomic E-state index is 12.2. The molecule has 5 aromatic carbocycles. The van der Waals surface area contributed by atoms with E-state index in [-0.39, 0.29) is 10.6 Å². The smallest absolute Gasteiger partial charge is 0.284 e. The second kappa shape index (κ2) is 7.06. The third kappa shape index (κ3) is 2.63. The highest BCUT2D eigenvalue weighted by Gasteiger charge is 2.23. The van der Waals surface area contributed by atoms with Crippen LogP contribution in [0.25, 0.3) is 49.4 Å². The number of nitro benzene ring substituents is 1. The molecule has 6 rings (SSSR count). The molecular weight excluding hydrogens is 396 g/mol. The first-order valence-corrected chi connectivity index (χ1v) is 10.5. The Labute approximate surface area is 184 Å². The topological polar surface area (TPSA) is 48.1 Å². The van der Waals surface area contributed by atoms with Gasteiger partial charge in [0.25, 0.3) is 5.69 Å². The largest absolute Gasteiger partial charge is 0.309 e. The summed E-state index contributed by atoms with van der Waals surface area (Å²) in [5.41, 5.74) is 4.80. The first kappa shape index (κ1) is 18.3. The van der Waals surface area contributed by atoms with Gasteiger partial charge >= 0.3 is 0 Å². The fourth-order valence-electron chi connectivity index (χ4n) is 4.77. The highest BCUT2D eigenvalue weighted by Crippen LogP contribution is 2.43. The predicted octanol–water partition coefficient (Wildman–Crippen LogP) is 7.51. The van der Waals surface area contributed by atoms with Gasteiger partial charge in [-0.15, -0.1) is 0 Å². The van der Waals surface area contributed by atoms with E-state index in [4.69, 9.17) is 0 Å². The van der Waals surface area contributed by atoms with E-state index in [9.17, 15) is 10.1 Å². The Morgan fingerprint density at radius 3 is 2.09 bits per heavy atom. The third-order valence-corrected chi connectivity index (χ3v) is 6.09. The Hall–Kier alpha value is -4.44. The Morgan fingerprint density at radius 1 is 0.594 bits per heavy atom. The van der Waals surface area contributed by atoms with Gasteiger partial charge in [-0.25, -0.2) is 0 Å². The number of aromatic nitrogens is 1. The lowest BCUT2D eigenvalue weighted by Crippen LogP contribution is -1.95. The van der Waals surface area contributed by atoms with E-state index >= 15 is 0 Å². The summed E-state index contributed by atoms with van der Waals surface area (Å²) >= 11 is 0. The van der Waals surface area contributed by atoms with Gasteiger partial charge < -0.3 is 4.57 Å². The summed E-state index contributed by atoms with van der Waals surface area (Å²) < 4.78 is 2.22. The Morgan fingerprint density at radius 2 is 1.28 bits per heavy atom. The molecule has 0 saturated carbocycles. The quantitative estimate of drug-likeness (QED) is 0.222. The molecule has 0 radical (unpaired) electrons. The predicted molar refractivity (Wildman–Crippen MR) is 130 cm³/mol. The first-order valence-electron chi connectivity index (χ1n) is 10.5. The number of hydrogen-bond donors (Lipinski definition) is 0. The van der Waals surface area contributed by atoms with Crippen molar-refractivity contribution >= 4 is 38.3 Å². The first-order chi connectivity index (χ1) is 15.7. The number of hydrogen-bond acceptors (Lipinski definition) is 2. The number of fused-ring (bicyclic) bond motifs is 4. The molecule has 0 saturated heterocycles. The SMILES string of the molecule is O=[N+]([O-])c1c(-c2cccc3c2c2ccccc2n3-c2ccccc2)ccc2ccccc12. The molecule has 0 aliphatic heterocycles. The van der Waals surface area contributed by atoms with Crippen molar-refractivity contribution in [3.05, 3.63) is 119 Å². The van der Waals surface area contributed by atoms with Crippen molar-refractivity contribution in [3.8, 4) is 16.8 Å². The van der Waals surface area contributed by atoms with Crippen molar-refractivity contribution < 1.29 is 4.92 Å². The molecule has 0 atom stereocenters. The number of benzene rings is 5. The number of rotatable bonds is 3. The molecule has 4 nitrogen and oxygen atoms in total. The molecular formula is C28H18N2O2. The minimum absolute atomic E-state index is 0.146. The number of nitro groups is 1. The zero-order valence-electron chi connectivity index (χ0n) is 17.1. The standard InChI is InChI=1S/C28H18N2O2/c31-30(32)28-21-12-5-4-9-19(21)17-18-23(28)22-14-8-16-26-27(22)24-13-6-7-15-25(24)29(26)20-10-2-1-3-11-20/h1-18H. The van der Waals surface area contributed by atoms with Crippen LogP contribution in [0.5, 0.6) is 0 Å². The minimum atomic E-state index is -0.257. The maximum Gasteiger partial charge on any atom is 0.284 e. The normalized spacial score (nSPS) is 11.4. The summed E-state index contributed by atoms with van der Waals surface area (Å²) in [4.78, 5) is 12.0. The fraction of sp³-hybridized carbons (Fsp3) is 0. The van der Waals surface area contributed by atoms with Gasteiger partial charge in [-0.05, 0) is 47.3 Å². The van der Waals surface area contributed by atoms with Crippen molar-refractivity contribution in [2.24, 2.45) is 0 Å². The van der Waals surface area contributed by atoms with Gasteiger partial charge in [-0.2, -0.15) is 0 Å². The average Bonchev–Trinajstić information content (AvgIpc) is 3.18. The van der Waals surface area contributed by atoms with E-state index in [0.29, 0.717) is 10.9 Å². The monoisotopic (exact) mass is 414 g/mol. The second-order valence-corrected chi connectivity index (χ2v) is 7.83. The van der Waals surface area contributed by atoms with Crippen LogP contribution in [-0.4, -0.2) is 9.49 Å². The summed E-state index contributed by atoms with van der Waals surface area (Å²) in [6, 6.07) is 35.8. The lowest BCUT2D eigenvalue weighted by atomic mass is 9.95. The number of nitrogens with zero attached hydrogens (tertiary/aromatic N) is 2. The Bertz CT molecular complexity index is 1650. The van der Waals surface area contributed by atoms with Crippen molar-refractivity contribution in [2.45, 2.75) is 0 Å². The van der Waals surface area contributed by atoms with Crippen LogP contribution in [0, 0.1) is 10.1 Å². The fourth-order valence-corrected chi connectivity index (χ4v) is 4.77. The van der Waals surface area contributed by atoms with Crippen LogP contribution in [0.2, 0.25) is 0 Å². The van der Waals surface area contributed by atoms with E-state index < -0.39 is 0 Å². The van der Waals surface area contributed by atoms with E-state index in [1.54, 1.807) is 0 Å². The minimum Gasteiger partial charge on any atom is -0.309 e. The summed E-state index contributed by atoms with van der Waals surface area (Å²) in [5, 5.41) is 15.8. The van der Waals surface area contributed by atoms with Crippen LogP contribution in [0.15, 0.2) is 109 Å². The summed E-state index contributed by atoms with van der Waals surface area (Å²) in [5.74, 6) is 0. The van der Waals surface area contributed by atoms with Gasteiger partial charge in [-0.1, -0.05) is 72.8 Å². The highest BCUT2D eigenvalue weighted by molar-refractivity contribution is 6.17. The van der Waals surface area contributed by atoms with Crippen molar-refractivity contribution in [3.63, 3.8) is 0 Å². The van der Waals surface area contributed by atoms with Crippen LogP contribution in [0.3, 0.4) is 0 Å². The molecule has 0 fully saturated rings. The van der Waals surface area contributed by atoms with Gasteiger partial charge in [0.1, 0.15) is 0 Å². The average molecular weight is 414 g/mol. The van der Waals surface area contributed by atoms with Gasteiger partial charge in [0.15, 0.2) is 0 Å². The molecule has 1 heterocycles. The van der Waals surface area contributed by atoms with Crippen molar-refractivity contribution in [1.29, 1.82) is 0 Å². The molecule has 0 unspecified atom stereocenters. The molecule has 32 heavy (non-hydrogen) atoms. The van der Waals surface area contributed by atoms with Crippen molar-refractivity contribution in [2.75, 3.05) is 0 Å². The van der Waals surface area contributed by atoms with Crippen LogP contribution in [-0.2, 0) is 0 Å².